The first-order valence-corrected chi connectivity index (χ1v) is 7.07. The predicted octanol–water partition coefficient (Wildman–Crippen LogP) is 3.76. The summed E-state index contributed by atoms with van der Waals surface area (Å²) in [6, 6.07) is 14.2. The standard InChI is InChI=1S/C16H17N3OS/c1-18(2)11-5-4-6-12(9-11)19-15-10-13(20-3)7-8-14(15)17-16(19)21/h4-10H,1-3H3,(H,17,21). The molecule has 1 aromatic heterocycles. The molecule has 0 unspecified atom stereocenters. The van der Waals surface area contributed by atoms with E-state index in [-0.39, 0.29) is 0 Å². The lowest BCUT2D eigenvalue weighted by Crippen LogP contribution is -2.09. The van der Waals surface area contributed by atoms with Crippen molar-refractivity contribution in [2.45, 2.75) is 0 Å². The van der Waals surface area contributed by atoms with E-state index in [1.165, 1.54) is 0 Å². The number of imidazole rings is 1. The molecule has 21 heavy (non-hydrogen) atoms. The van der Waals surface area contributed by atoms with Crippen molar-refractivity contribution in [1.82, 2.24) is 9.55 Å². The van der Waals surface area contributed by atoms with Gasteiger partial charge in [0.2, 0.25) is 0 Å². The maximum atomic E-state index is 5.48. The average Bonchev–Trinajstić information content (AvgIpc) is 2.82. The fourth-order valence-electron chi connectivity index (χ4n) is 2.38. The van der Waals surface area contributed by atoms with E-state index < -0.39 is 0 Å². The van der Waals surface area contributed by atoms with Crippen LogP contribution in [0.1, 0.15) is 0 Å². The molecule has 0 spiro atoms. The lowest BCUT2D eigenvalue weighted by atomic mass is 10.2. The zero-order valence-electron chi connectivity index (χ0n) is 12.3. The van der Waals surface area contributed by atoms with Crippen LogP contribution in [0.5, 0.6) is 5.75 Å². The second kappa shape index (κ2) is 5.26. The summed E-state index contributed by atoms with van der Waals surface area (Å²) >= 11 is 5.48. The fraction of sp³-hybridized carbons (Fsp3) is 0.188. The van der Waals surface area contributed by atoms with E-state index in [0.717, 1.165) is 28.2 Å². The molecule has 1 heterocycles. The molecule has 2 aromatic carbocycles. The maximum absolute atomic E-state index is 5.48. The van der Waals surface area contributed by atoms with Crippen LogP contribution >= 0.6 is 12.2 Å². The van der Waals surface area contributed by atoms with Crippen LogP contribution in [-0.2, 0) is 0 Å². The van der Waals surface area contributed by atoms with Crippen molar-refractivity contribution in [3.63, 3.8) is 0 Å². The van der Waals surface area contributed by atoms with Crippen LogP contribution in [0.4, 0.5) is 5.69 Å². The molecule has 0 bridgehead atoms. The summed E-state index contributed by atoms with van der Waals surface area (Å²) in [6.07, 6.45) is 0. The summed E-state index contributed by atoms with van der Waals surface area (Å²) in [5.74, 6) is 0.814. The van der Waals surface area contributed by atoms with E-state index in [4.69, 9.17) is 17.0 Å². The van der Waals surface area contributed by atoms with E-state index in [0.29, 0.717) is 4.77 Å². The number of fused-ring (bicyclic) bond motifs is 1. The molecule has 0 amide bonds. The molecule has 3 aromatic rings. The van der Waals surface area contributed by atoms with Crippen LogP contribution in [0.2, 0.25) is 0 Å². The third kappa shape index (κ3) is 2.40. The van der Waals surface area contributed by atoms with Gasteiger partial charge in [-0.2, -0.15) is 0 Å². The molecule has 0 fully saturated rings. The molecule has 0 aliphatic carbocycles. The first-order valence-electron chi connectivity index (χ1n) is 6.66. The van der Waals surface area contributed by atoms with Crippen LogP contribution in [0.25, 0.3) is 16.7 Å². The number of nitrogens with zero attached hydrogens (tertiary/aromatic N) is 2. The molecule has 0 aliphatic rings. The molecule has 0 saturated heterocycles. The third-order valence-corrected chi connectivity index (χ3v) is 3.78. The van der Waals surface area contributed by atoms with Crippen molar-refractivity contribution in [1.29, 1.82) is 0 Å². The van der Waals surface area contributed by atoms with Gasteiger partial charge in [0.25, 0.3) is 0 Å². The van der Waals surface area contributed by atoms with Crippen LogP contribution in [0.15, 0.2) is 42.5 Å². The fourth-order valence-corrected chi connectivity index (χ4v) is 2.69. The molecule has 0 aliphatic heterocycles. The number of aromatic amines is 1. The number of hydrogen-bond acceptors (Lipinski definition) is 3. The van der Waals surface area contributed by atoms with Gasteiger partial charge in [0.05, 0.1) is 23.8 Å². The minimum absolute atomic E-state index is 0.675. The van der Waals surface area contributed by atoms with E-state index >= 15 is 0 Å². The van der Waals surface area contributed by atoms with Gasteiger partial charge >= 0.3 is 0 Å². The zero-order valence-corrected chi connectivity index (χ0v) is 13.1. The largest absolute Gasteiger partial charge is 0.497 e. The first kappa shape index (κ1) is 13.7. The number of ether oxygens (including phenoxy) is 1. The van der Waals surface area contributed by atoms with Crippen LogP contribution in [0.3, 0.4) is 0 Å². The van der Waals surface area contributed by atoms with Crippen molar-refractivity contribution in [2.75, 3.05) is 26.1 Å². The summed E-state index contributed by atoms with van der Waals surface area (Å²) in [5, 5.41) is 0. The highest BCUT2D eigenvalue weighted by Crippen LogP contribution is 2.25. The smallest absolute Gasteiger partial charge is 0.182 e. The van der Waals surface area contributed by atoms with E-state index in [2.05, 4.69) is 28.1 Å². The zero-order chi connectivity index (χ0) is 15.0. The highest BCUT2D eigenvalue weighted by molar-refractivity contribution is 7.71. The summed E-state index contributed by atoms with van der Waals surface area (Å²) in [6.45, 7) is 0. The molecule has 0 atom stereocenters. The number of hydrogen-bond donors (Lipinski definition) is 1. The number of aromatic nitrogens is 2. The summed E-state index contributed by atoms with van der Waals surface area (Å²) in [7, 11) is 5.71. The van der Waals surface area contributed by atoms with Gasteiger partial charge in [-0.15, -0.1) is 0 Å². The van der Waals surface area contributed by atoms with Gasteiger partial charge in [-0.25, -0.2) is 0 Å². The second-order valence-corrected chi connectivity index (χ2v) is 5.45. The topological polar surface area (TPSA) is 33.2 Å². The molecule has 1 N–H and O–H groups in total. The Morgan fingerprint density at radius 1 is 1.14 bits per heavy atom. The molecule has 5 heteroatoms. The molecule has 0 radical (unpaired) electrons. The Bertz CT molecular complexity index is 848. The van der Waals surface area contributed by atoms with Gasteiger partial charge < -0.3 is 14.6 Å². The van der Waals surface area contributed by atoms with Gasteiger partial charge in [0, 0.05) is 25.8 Å². The van der Waals surface area contributed by atoms with Gasteiger partial charge in [-0.1, -0.05) is 6.07 Å². The third-order valence-electron chi connectivity index (χ3n) is 3.49. The number of anilines is 1. The number of nitrogens with one attached hydrogen (secondary N) is 1. The molecule has 108 valence electrons. The van der Waals surface area contributed by atoms with Crippen molar-refractivity contribution in [2.24, 2.45) is 0 Å². The van der Waals surface area contributed by atoms with Crippen molar-refractivity contribution < 1.29 is 4.74 Å². The molecule has 3 rings (SSSR count). The average molecular weight is 299 g/mol. The Balaban J connectivity index is 2.26. The Morgan fingerprint density at radius 2 is 1.95 bits per heavy atom. The van der Waals surface area contributed by atoms with Gasteiger partial charge in [0.15, 0.2) is 4.77 Å². The lowest BCUT2D eigenvalue weighted by Gasteiger charge is -2.14. The monoisotopic (exact) mass is 299 g/mol. The second-order valence-electron chi connectivity index (χ2n) is 5.06. The van der Waals surface area contributed by atoms with Crippen molar-refractivity contribution >= 4 is 28.9 Å². The number of H-pyrrole nitrogens is 1. The quantitative estimate of drug-likeness (QED) is 0.748. The van der Waals surface area contributed by atoms with Crippen molar-refractivity contribution in [3.8, 4) is 11.4 Å². The molecular weight excluding hydrogens is 282 g/mol. The summed E-state index contributed by atoms with van der Waals surface area (Å²) < 4.78 is 8.02. The minimum Gasteiger partial charge on any atom is -0.497 e. The summed E-state index contributed by atoms with van der Waals surface area (Å²) in [4.78, 5) is 5.31. The predicted molar refractivity (Wildman–Crippen MR) is 89.3 cm³/mol. The van der Waals surface area contributed by atoms with E-state index in [9.17, 15) is 0 Å². The van der Waals surface area contributed by atoms with E-state index in [1.54, 1.807) is 7.11 Å². The number of benzene rings is 2. The first-order chi connectivity index (χ1) is 10.1. The highest BCUT2D eigenvalue weighted by Gasteiger charge is 2.08. The van der Waals surface area contributed by atoms with E-state index in [1.807, 2.05) is 42.9 Å². The van der Waals surface area contributed by atoms with Crippen LogP contribution in [-0.4, -0.2) is 30.8 Å². The molecular formula is C16H17N3OS. The summed E-state index contributed by atoms with van der Waals surface area (Å²) in [5.41, 5.74) is 4.17. The normalized spacial score (nSPS) is 10.8. The number of rotatable bonds is 3. The maximum Gasteiger partial charge on any atom is 0.182 e. The SMILES string of the molecule is COc1ccc2[nH]c(=S)n(-c3cccc(N(C)C)c3)c2c1. The number of methoxy groups -OCH3 is 1. The molecule has 4 nitrogen and oxygen atoms in total. The molecule has 0 saturated carbocycles. The van der Waals surface area contributed by atoms with Gasteiger partial charge in [0.1, 0.15) is 5.75 Å². The van der Waals surface area contributed by atoms with Crippen LogP contribution in [0, 0.1) is 4.77 Å². The highest BCUT2D eigenvalue weighted by atomic mass is 32.1. The van der Waals surface area contributed by atoms with Gasteiger partial charge in [-0.3, -0.25) is 4.57 Å². The van der Waals surface area contributed by atoms with Crippen molar-refractivity contribution in [3.05, 3.63) is 47.2 Å². The Morgan fingerprint density at radius 3 is 2.67 bits per heavy atom. The Labute approximate surface area is 128 Å². The minimum atomic E-state index is 0.675. The van der Waals surface area contributed by atoms with Gasteiger partial charge in [-0.05, 0) is 42.5 Å². The lowest BCUT2D eigenvalue weighted by molar-refractivity contribution is 0.415. The Kier molecular flexibility index (Phi) is 3.43. The Hall–Kier alpha value is -2.27. The van der Waals surface area contributed by atoms with Crippen LogP contribution < -0.4 is 9.64 Å².